The van der Waals surface area contributed by atoms with E-state index in [1.165, 1.54) is 36.1 Å². The molecule has 4 rings (SSSR count). The number of hydrogen-bond donors (Lipinski definition) is 6. The molecule has 1 aliphatic heterocycles. The van der Waals surface area contributed by atoms with Gasteiger partial charge in [0.15, 0.2) is 5.96 Å². The van der Waals surface area contributed by atoms with Crippen LogP contribution in [0.25, 0.3) is 0 Å². The molecular formula is C36H42IN9O7. The van der Waals surface area contributed by atoms with E-state index in [9.17, 15) is 34.1 Å². The summed E-state index contributed by atoms with van der Waals surface area (Å²) in [6.45, 7) is 1.53. The third-order valence-electron chi connectivity index (χ3n) is 8.69. The van der Waals surface area contributed by atoms with Gasteiger partial charge in [0.25, 0.3) is 5.69 Å². The van der Waals surface area contributed by atoms with E-state index < -0.39 is 58.6 Å². The van der Waals surface area contributed by atoms with Crippen molar-refractivity contribution in [1.29, 1.82) is 0 Å². The summed E-state index contributed by atoms with van der Waals surface area (Å²) in [7, 11) is 0. The molecule has 0 saturated carbocycles. The maximum absolute atomic E-state index is 14.7. The van der Waals surface area contributed by atoms with Gasteiger partial charge in [-0.25, -0.2) is 0 Å². The molecule has 17 heteroatoms. The summed E-state index contributed by atoms with van der Waals surface area (Å²) in [5.41, 5.74) is 19.3. The van der Waals surface area contributed by atoms with E-state index in [1.54, 1.807) is 0 Å². The topological polar surface area (TPSA) is 258 Å². The molecule has 16 nitrogen and oxygen atoms in total. The molecule has 0 radical (unpaired) electrons. The minimum absolute atomic E-state index is 0.0311. The van der Waals surface area contributed by atoms with Crippen molar-refractivity contribution in [1.82, 2.24) is 20.9 Å². The highest BCUT2D eigenvalue weighted by Gasteiger charge is 2.39. The maximum atomic E-state index is 14.7. The molecule has 1 unspecified atom stereocenters. The minimum atomic E-state index is -1.20. The van der Waals surface area contributed by atoms with Crippen LogP contribution in [0.2, 0.25) is 0 Å². The average molecular weight is 840 g/mol. The lowest BCUT2D eigenvalue weighted by Gasteiger charge is -2.38. The van der Waals surface area contributed by atoms with Crippen LogP contribution in [0.4, 0.5) is 5.69 Å². The molecule has 5 amide bonds. The number of fused-ring (bicyclic) bond motifs is 1. The van der Waals surface area contributed by atoms with Gasteiger partial charge >= 0.3 is 0 Å². The fourth-order valence-electron chi connectivity index (χ4n) is 6.02. The molecule has 280 valence electrons. The van der Waals surface area contributed by atoms with Crippen molar-refractivity contribution in [3.05, 3.63) is 109 Å². The van der Waals surface area contributed by atoms with Gasteiger partial charge in [0.05, 0.1) is 4.92 Å². The summed E-state index contributed by atoms with van der Waals surface area (Å²) in [5, 5.41) is 19.3. The van der Waals surface area contributed by atoms with E-state index in [2.05, 4.69) is 43.5 Å². The SMILES string of the molecule is CC(=O)N[C@@H](CCCN=C(N)N)C(=O)N[C@H](Cc1ccc(I)cc1)C(=O)N1Cc2ccccc2CC1C(=O)N[C@H](Cc1ccc([N+](=O)[O-])cc1)C(N)=O. The second-order valence-electron chi connectivity index (χ2n) is 12.6. The summed E-state index contributed by atoms with van der Waals surface area (Å²) in [6.07, 6.45) is 0.671. The number of nitro benzene ring substituents is 1. The molecule has 53 heavy (non-hydrogen) atoms. The zero-order chi connectivity index (χ0) is 38.7. The van der Waals surface area contributed by atoms with E-state index in [0.717, 1.165) is 20.3 Å². The minimum Gasteiger partial charge on any atom is -0.370 e. The number of nitrogens with zero attached hydrogens (tertiary/aromatic N) is 3. The lowest BCUT2D eigenvalue weighted by Crippen LogP contribution is -2.61. The quantitative estimate of drug-likeness (QED) is 0.0299. The number of amides is 5. The third kappa shape index (κ3) is 11.7. The first-order valence-electron chi connectivity index (χ1n) is 16.8. The smallest absolute Gasteiger partial charge is 0.269 e. The Morgan fingerprint density at radius 1 is 0.868 bits per heavy atom. The zero-order valence-corrected chi connectivity index (χ0v) is 31.2. The summed E-state index contributed by atoms with van der Waals surface area (Å²) >= 11 is 2.16. The summed E-state index contributed by atoms with van der Waals surface area (Å²) in [6, 6.07) is 15.8. The summed E-state index contributed by atoms with van der Waals surface area (Å²) in [4.78, 5) is 83.0. The molecule has 0 saturated heterocycles. The van der Waals surface area contributed by atoms with Crippen LogP contribution in [-0.4, -0.2) is 76.0 Å². The molecule has 0 aliphatic carbocycles. The van der Waals surface area contributed by atoms with Gasteiger partial charge in [-0.1, -0.05) is 48.5 Å². The molecule has 0 bridgehead atoms. The number of primary amides is 1. The van der Waals surface area contributed by atoms with Crippen LogP contribution in [0.15, 0.2) is 77.8 Å². The number of benzene rings is 3. The van der Waals surface area contributed by atoms with Gasteiger partial charge in [-0.15, -0.1) is 0 Å². The Hall–Kier alpha value is -5.59. The number of rotatable bonds is 16. The summed E-state index contributed by atoms with van der Waals surface area (Å²) in [5.74, 6) is -3.20. The van der Waals surface area contributed by atoms with E-state index in [4.69, 9.17) is 17.2 Å². The predicted molar refractivity (Wildman–Crippen MR) is 205 cm³/mol. The fourth-order valence-corrected chi connectivity index (χ4v) is 6.38. The number of halogens is 1. The molecule has 0 fully saturated rings. The first kappa shape index (κ1) is 40.2. The standard InChI is InChI=1S/C36H42IN9O7/c1-21(47)42-28(7-4-16-41-36(39)40)33(49)44-30(18-22-8-12-26(37)13-9-22)35(51)45-20-25-6-3-2-5-24(25)19-31(45)34(50)43-29(32(38)48)17-23-10-14-27(15-11-23)46(52)53/h2-3,5-6,8-15,28-31H,4,7,16-20H2,1H3,(H2,38,48)(H,42,47)(H,43,50)(H,44,49)(H4,39,40,41)/t28-,29+,30+,31?/m0/s1. The third-order valence-corrected chi connectivity index (χ3v) is 9.41. The van der Waals surface area contributed by atoms with Crippen LogP contribution >= 0.6 is 22.6 Å². The number of nitro groups is 1. The number of carbonyl (C=O) groups excluding carboxylic acids is 5. The van der Waals surface area contributed by atoms with Crippen LogP contribution < -0.4 is 33.2 Å². The Labute approximate surface area is 319 Å². The second kappa shape index (κ2) is 18.8. The van der Waals surface area contributed by atoms with E-state index in [-0.39, 0.29) is 50.4 Å². The molecule has 3 aromatic carbocycles. The number of aliphatic imine (C=N–C) groups is 1. The largest absolute Gasteiger partial charge is 0.370 e. The monoisotopic (exact) mass is 839 g/mol. The van der Waals surface area contributed by atoms with Crippen LogP contribution in [0.1, 0.15) is 42.0 Å². The Morgan fingerprint density at radius 2 is 1.47 bits per heavy atom. The first-order valence-corrected chi connectivity index (χ1v) is 17.9. The lowest BCUT2D eigenvalue weighted by molar-refractivity contribution is -0.384. The summed E-state index contributed by atoms with van der Waals surface area (Å²) < 4.78 is 0.965. The van der Waals surface area contributed by atoms with E-state index in [1.807, 2.05) is 48.5 Å². The number of guanidine groups is 1. The molecule has 1 aliphatic rings. The molecule has 0 spiro atoms. The number of nitrogens with one attached hydrogen (secondary N) is 3. The second-order valence-corrected chi connectivity index (χ2v) is 13.9. The molecule has 0 aromatic heterocycles. The first-order chi connectivity index (χ1) is 25.2. The van der Waals surface area contributed by atoms with Crippen LogP contribution in [-0.2, 0) is 49.8 Å². The van der Waals surface area contributed by atoms with Gasteiger partial charge in [0, 0.05) is 55.0 Å². The van der Waals surface area contributed by atoms with E-state index in [0.29, 0.717) is 12.0 Å². The van der Waals surface area contributed by atoms with E-state index >= 15 is 0 Å². The van der Waals surface area contributed by atoms with Crippen LogP contribution in [0.5, 0.6) is 0 Å². The Kier molecular flexibility index (Phi) is 14.2. The zero-order valence-electron chi connectivity index (χ0n) is 29.0. The van der Waals surface area contributed by atoms with Crippen molar-refractivity contribution in [3.8, 4) is 0 Å². The predicted octanol–water partition coefficient (Wildman–Crippen LogP) is 0.951. The number of nitrogens with two attached hydrogens (primary N) is 3. The normalized spacial score (nSPS) is 15.1. The molecule has 9 N–H and O–H groups in total. The highest BCUT2D eigenvalue weighted by molar-refractivity contribution is 14.1. The van der Waals surface area contributed by atoms with Gasteiger partial charge in [-0.05, 0) is 69.8 Å². The average Bonchev–Trinajstić information content (AvgIpc) is 3.12. The van der Waals surface area contributed by atoms with Gasteiger partial charge in [0.1, 0.15) is 24.2 Å². The highest BCUT2D eigenvalue weighted by Crippen LogP contribution is 2.25. The Morgan fingerprint density at radius 3 is 2.06 bits per heavy atom. The molecule has 1 heterocycles. The lowest BCUT2D eigenvalue weighted by atomic mass is 9.91. The molecule has 4 atom stereocenters. The fraction of sp³-hybridized carbons (Fsp3) is 0.333. The van der Waals surface area contributed by atoms with Gasteiger partial charge in [-0.3, -0.25) is 39.1 Å². The van der Waals surface area contributed by atoms with Crippen molar-refractivity contribution in [2.24, 2.45) is 22.2 Å². The van der Waals surface area contributed by atoms with Gasteiger partial charge in [-0.2, -0.15) is 0 Å². The van der Waals surface area contributed by atoms with Gasteiger partial charge in [0.2, 0.25) is 29.5 Å². The number of hydrogen-bond acceptors (Lipinski definition) is 8. The van der Waals surface area contributed by atoms with Crippen molar-refractivity contribution in [2.45, 2.75) is 69.7 Å². The van der Waals surface area contributed by atoms with Crippen molar-refractivity contribution >= 4 is 63.8 Å². The Balaban J connectivity index is 1.64. The van der Waals surface area contributed by atoms with Crippen molar-refractivity contribution in [2.75, 3.05) is 6.54 Å². The van der Waals surface area contributed by atoms with Crippen LogP contribution in [0.3, 0.4) is 0 Å². The van der Waals surface area contributed by atoms with Crippen molar-refractivity contribution in [3.63, 3.8) is 0 Å². The number of non-ortho nitro benzene ring substituents is 1. The van der Waals surface area contributed by atoms with Gasteiger partial charge < -0.3 is 38.1 Å². The highest BCUT2D eigenvalue weighted by atomic mass is 127. The Bertz CT molecular complexity index is 1850. The molecular weight excluding hydrogens is 797 g/mol. The van der Waals surface area contributed by atoms with Crippen LogP contribution in [0, 0.1) is 13.7 Å². The molecule has 3 aromatic rings. The van der Waals surface area contributed by atoms with Crippen molar-refractivity contribution < 1.29 is 28.9 Å². The number of carbonyl (C=O) groups is 5. The maximum Gasteiger partial charge on any atom is 0.269 e.